The lowest BCUT2D eigenvalue weighted by Crippen LogP contribution is -2.73. The molecule has 0 spiro atoms. The van der Waals surface area contributed by atoms with E-state index in [0.29, 0.717) is 0 Å². The van der Waals surface area contributed by atoms with Crippen LogP contribution in [0.5, 0.6) is 0 Å². The topological polar surface area (TPSA) is 21.6 Å². The second-order valence-corrected chi connectivity index (χ2v) is 20.5. The van der Waals surface area contributed by atoms with Gasteiger partial charge in [0.2, 0.25) is 0 Å². The monoisotopic (exact) mass is 651 g/mol. The maximum Gasteiger partial charge on any atom is 0.378 e. The maximum absolute atomic E-state index is 8.53. The Balaban J connectivity index is 1.91. The highest BCUT2D eigenvalue weighted by Crippen LogP contribution is 2.35. The summed E-state index contributed by atoms with van der Waals surface area (Å²) >= 11 is 0. The van der Waals surface area contributed by atoms with E-state index in [1.165, 1.54) is 87.5 Å². The third-order valence-electron chi connectivity index (χ3n) is 10.0. The summed E-state index contributed by atoms with van der Waals surface area (Å²) in [6.45, 7) is 27.1. The first kappa shape index (κ1) is 33.1. The van der Waals surface area contributed by atoms with E-state index in [0.717, 1.165) is 10.9 Å². The van der Waals surface area contributed by atoms with Gasteiger partial charge in [-0.05, 0) is 154 Å². The van der Waals surface area contributed by atoms with Crippen molar-refractivity contribution >= 4 is 42.9 Å². The molecule has 0 bridgehead atoms. The molecule has 0 N–H and O–H groups in total. The Morgan fingerprint density at radius 2 is 0.702 bits per heavy atom. The van der Waals surface area contributed by atoms with Crippen molar-refractivity contribution in [2.75, 3.05) is 0 Å². The van der Waals surface area contributed by atoms with Gasteiger partial charge in [0.05, 0.1) is 5.33 Å². The van der Waals surface area contributed by atoms with Crippen molar-refractivity contribution in [1.82, 2.24) is 0 Å². The quantitative estimate of drug-likeness (QED) is 0.178. The van der Waals surface area contributed by atoms with Crippen LogP contribution in [0.2, 0.25) is 0 Å². The third-order valence-corrected chi connectivity index (χ3v) is 20.2. The number of nitrogens with zero attached hydrogens (tertiary/aromatic N) is 1. The van der Waals surface area contributed by atoms with E-state index in [9.17, 15) is 0 Å². The van der Waals surface area contributed by atoms with Gasteiger partial charge in [-0.2, -0.15) is 0 Å². The molecule has 240 valence electrons. The van der Waals surface area contributed by atoms with Crippen molar-refractivity contribution in [1.29, 1.82) is 0 Å². The van der Waals surface area contributed by atoms with E-state index in [-0.39, 0.29) is 0 Å². The van der Waals surface area contributed by atoms with Gasteiger partial charge in [0.1, 0.15) is 0 Å². The first-order valence-electron chi connectivity index (χ1n) is 16.9. The minimum absolute atomic E-state index is 1.15. The lowest BCUT2D eigenvalue weighted by molar-refractivity contribution is 0.599. The second kappa shape index (κ2) is 12.0. The highest BCUT2D eigenvalue weighted by atomic mass is 28.4. The van der Waals surface area contributed by atoms with Crippen molar-refractivity contribution in [3.05, 3.63) is 151 Å². The van der Waals surface area contributed by atoms with Crippen LogP contribution in [-0.4, -0.2) is 22.1 Å². The summed E-state index contributed by atoms with van der Waals surface area (Å²) in [5.74, 6) is 0. The van der Waals surface area contributed by atoms with Crippen LogP contribution in [0.15, 0.2) is 83.5 Å². The molecule has 0 atom stereocenters. The number of hydrogen-bond donors (Lipinski definition) is 0. The van der Waals surface area contributed by atoms with E-state index >= 15 is 0 Å². The van der Waals surface area contributed by atoms with Crippen LogP contribution in [0, 0.1) is 83.1 Å². The molecule has 2 nitrogen and oxygen atoms in total. The first-order valence-corrected chi connectivity index (χ1v) is 20.6. The Kier molecular flexibility index (Phi) is 8.45. The van der Waals surface area contributed by atoms with Crippen molar-refractivity contribution < 1.29 is 4.12 Å². The fourth-order valence-corrected chi connectivity index (χ4v) is 21.3. The zero-order valence-electron chi connectivity index (χ0n) is 30.4. The fourth-order valence-electron chi connectivity index (χ4n) is 9.10. The number of rotatable bonds is 5. The molecular formula is C43H49NOSi2. The van der Waals surface area contributed by atoms with Crippen LogP contribution < -0.4 is 20.7 Å². The molecule has 1 aliphatic heterocycles. The van der Waals surface area contributed by atoms with Crippen molar-refractivity contribution in [3.63, 3.8) is 0 Å². The summed E-state index contributed by atoms with van der Waals surface area (Å²) in [6.07, 6.45) is 0. The van der Waals surface area contributed by atoms with Crippen LogP contribution in [0.4, 0.5) is 0 Å². The highest BCUT2D eigenvalue weighted by Gasteiger charge is 2.63. The van der Waals surface area contributed by atoms with E-state index in [4.69, 9.17) is 8.77 Å². The average molecular weight is 652 g/mol. The van der Waals surface area contributed by atoms with Crippen LogP contribution in [0.1, 0.15) is 72.3 Å². The van der Waals surface area contributed by atoms with Gasteiger partial charge in [0.25, 0.3) is 8.32 Å². The minimum Gasteiger partial charge on any atom is -0.421 e. The van der Waals surface area contributed by atoms with E-state index in [1.807, 2.05) is 0 Å². The maximum atomic E-state index is 8.53. The molecule has 0 saturated carbocycles. The summed E-state index contributed by atoms with van der Waals surface area (Å²) in [7, 11) is -6.61. The van der Waals surface area contributed by atoms with Crippen LogP contribution in [0.25, 0.3) is 0 Å². The molecule has 5 aromatic carbocycles. The molecule has 0 aromatic heterocycles. The molecule has 6 rings (SSSR count). The van der Waals surface area contributed by atoms with E-state index in [1.54, 1.807) is 0 Å². The van der Waals surface area contributed by atoms with Crippen LogP contribution in [-0.2, 0) is 4.12 Å². The minimum atomic E-state index is -3.32. The van der Waals surface area contributed by atoms with Gasteiger partial charge in [-0.15, -0.1) is 0 Å². The third kappa shape index (κ3) is 5.31. The van der Waals surface area contributed by atoms with Crippen molar-refractivity contribution in [2.24, 2.45) is 4.66 Å². The fraction of sp³-hybridized carbons (Fsp3) is 0.279. The Hall–Kier alpha value is -3.84. The number of hydrogen-bond acceptors (Lipinski definition) is 2. The molecule has 0 unspecified atom stereocenters. The molecule has 0 fully saturated rings. The number of benzene rings is 5. The van der Waals surface area contributed by atoms with E-state index in [2.05, 4.69) is 162 Å². The molecule has 0 saturated heterocycles. The summed E-state index contributed by atoms with van der Waals surface area (Å²) < 4.78 is 14.8. The Morgan fingerprint density at radius 1 is 0.404 bits per heavy atom. The smallest absolute Gasteiger partial charge is 0.378 e. The normalized spacial score (nSPS) is 15.2. The zero-order valence-corrected chi connectivity index (χ0v) is 32.4. The van der Waals surface area contributed by atoms with Gasteiger partial charge in [-0.3, -0.25) is 4.66 Å². The lowest BCUT2D eigenvalue weighted by Gasteiger charge is -2.39. The van der Waals surface area contributed by atoms with E-state index < -0.39 is 16.8 Å². The molecule has 0 amide bonds. The molecule has 0 aliphatic carbocycles. The lowest BCUT2D eigenvalue weighted by atomic mass is 10.1. The van der Waals surface area contributed by atoms with Crippen molar-refractivity contribution in [2.45, 2.75) is 83.1 Å². The summed E-state index contributed by atoms with van der Waals surface area (Å²) in [5.41, 5.74) is 16.5. The molecule has 1 aliphatic rings. The Morgan fingerprint density at radius 3 is 1.02 bits per heavy atom. The van der Waals surface area contributed by atoms with Gasteiger partial charge >= 0.3 is 8.48 Å². The van der Waals surface area contributed by atoms with Gasteiger partial charge in [-0.25, -0.2) is 0 Å². The summed E-state index contributed by atoms with van der Waals surface area (Å²) in [4.78, 5) is 0. The Labute approximate surface area is 284 Å². The predicted molar refractivity (Wildman–Crippen MR) is 207 cm³/mol. The van der Waals surface area contributed by atoms with Gasteiger partial charge < -0.3 is 4.12 Å². The Bertz CT molecular complexity index is 1880. The summed E-state index contributed by atoms with van der Waals surface area (Å²) in [6, 6.07) is 29.7. The molecule has 4 heteroatoms. The highest BCUT2D eigenvalue weighted by molar-refractivity contribution is 7.29. The standard InChI is InChI=1S/C43H49NOSi2/c1-26-18-30(5)39(31(6)19-26)46(40-32(7)20-27(2)21-33(40)8)43(38-16-14-13-15-17-38)44-47(45-46,41-34(9)22-28(3)23-35(41)10)42-36(11)24-29(4)25-37(42)12/h13-25H,1-12H3. The summed E-state index contributed by atoms with van der Waals surface area (Å²) in [5, 5.41) is 6.44. The van der Waals surface area contributed by atoms with Gasteiger partial charge in [0.15, 0.2) is 0 Å². The largest absolute Gasteiger partial charge is 0.421 e. The molecule has 5 aromatic rings. The predicted octanol–water partition coefficient (Wildman–Crippen LogP) is 7.76. The van der Waals surface area contributed by atoms with Gasteiger partial charge in [0, 0.05) is 0 Å². The molecule has 1 heterocycles. The SMILES string of the molecule is Cc1cc(C)c([Si]2(c3c(C)cc(C)cc3C)N=C(c3ccccc3)[Si](c3c(C)cc(C)cc3C)(c3c(C)cc(C)cc3C)O2)c(C)c1. The number of aryl methyl sites for hydroxylation is 12. The first-order chi connectivity index (χ1) is 22.2. The second-order valence-electron chi connectivity index (χ2n) is 14.3. The van der Waals surface area contributed by atoms with Crippen LogP contribution >= 0.6 is 0 Å². The van der Waals surface area contributed by atoms with Gasteiger partial charge in [-0.1, -0.05) is 101 Å². The zero-order chi connectivity index (χ0) is 34.0. The average Bonchev–Trinajstić information content (AvgIpc) is 3.27. The van der Waals surface area contributed by atoms with Crippen molar-refractivity contribution in [3.8, 4) is 0 Å². The van der Waals surface area contributed by atoms with Crippen LogP contribution in [0.3, 0.4) is 0 Å². The molecule has 47 heavy (non-hydrogen) atoms. The molecular weight excluding hydrogens is 603 g/mol. The molecule has 0 radical (unpaired) electrons.